The highest BCUT2D eigenvalue weighted by Crippen LogP contribution is 2.11. The summed E-state index contributed by atoms with van der Waals surface area (Å²) in [6.45, 7) is 2.73. The Hall–Kier alpha value is -1.56. The van der Waals surface area contributed by atoms with Gasteiger partial charge in [-0.15, -0.1) is 11.3 Å². The Morgan fingerprint density at radius 3 is 3.00 bits per heavy atom. The summed E-state index contributed by atoms with van der Waals surface area (Å²) in [5.41, 5.74) is 5.66. The number of rotatable bonds is 2. The van der Waals surface area contributed by atoms with Crippen LogP contribution in [-0.4, -0.2) is 30.0 Å². The van der Waals surface area contributed by atoms with Crippen LogP contribution in [0.15, 0.2) is 27.5 Å². The molecule has 16 heavy (non-hydrogen) atoms. The lowest BCUT2D eigenvalue weighted by Gasteiger charge is -2.25. The second-order valence-electron chi connectivity index (χ2n) is 3.66. The van der Waals surface area contributed by atoms with Crippen molar-refractivity contribution in [3.8, 4) is 0 Å². The fraction of sp³-hybridized carbons (Fsp3) is 0.400. The summed E-state index contributed by atoms with van der Waals surface area (Å²) in [5, 5.41) is 5.03. The van der Waals surface area contributed by atoms with E-state index in [0.29, 0.717) is 5.96 Å². The maximum absolute atomic E-state index is 5.66. The molecule has 0 saturated carbocycles. The molecule has 0 aliphatic carbocycles. The second-order valence-corrected chi connectivity index (χ2v) is 4.69. The Morgan fingerprint density at radius 1 is 1.56 bits per heavy atom. The molecule has 1 aromatic heterocycles. The van der Waals surface area contributed by atoms with Gasteiger partial charge in [-0.25, -0.2) is 9.98 Å². The number of nitrogens with zero attached hydrogens (tertiary/aromatic N) is 3. The minimum Gasteiger partial charge on any atom is -0.370 e. The van der Waals surface area contributed by atoms with Crippen molar-refractivity contribution in [3.63, 3.8) is 0 Å². The molecular formula is C10H15N5S. The molecule has 0 spiro atoms. The Balaban J connectivity index is 2.02. The van der Waals surface area contributed by atoms with Crippen molar-refractivity contribution in [1.29, 1.82) is 0 Å². The van der Waals surface area contributed by atoms with Crippen LogP contribution in [0.3, 0.4) is 0 Å². The number of thiophene rings is 1. The van der Waals surface area contributed by atoms with E-state index in [-0.39, 0.29) is 6.17 Å². The van der Waals surface area contributed by atoms with E-state index < -0.39 is 0 Å². The molecule has 0 amide bonds. The van der Waals surface area contributed by atoms with Gasteiger partial charge >= 0.3 is 0 Å². The molecule has 1 atom stereocenters. The number of hydrogen-bond donors (Lipinski definition) is 2. The third-order valence-electron chi connectivity index (χ3n) is 2.21. The predicted molar refractivity (Wildman–Crippen MR) is 67.4 cm³/mol. The Morgan fingerprint density at radius 2 is 2.38 bits per heavy atom. The highest BCUT2D eigenvalue weighted by Gasteiger charge is 2.14. The van der Waals surface area contributed by atoms with Gasteiger partial charge < -0.3 is 10.6 Å². The van der Waals surface area contributed by atoms with Crippen molar-refractivity contribution in [1.82, 2.24) is 10.2 Å². The fourth-order valence-corrected chi connectivity index (χ4v) is 2.25. The average Bonchev–Trinajstić information content (AvgIpc) is 2.68. The molecule has 2 heterocycles. The van der Waals surface area contributed by atoms with E-state index in [0.717, 1.165) is 12.5 Å². The monoisotopic (exact) mass is 237 g/mol. The number of nitrogens with one attached hydrogen (secondary N) is 1. The van der Waals surface area contributed by atoms with Gasteiger partial charge in [-0.1, -0.05) is 6.07 Å². The maximum atomic E-state index is 5.66. The molecular weight excluding hydrogens is 222 g/mol. The first-order chi connectivity index (χ1) is 7.65. The first-order valence-corrected chi connectivity index (χ1v) is 5.95. The minimum absolute atomic E-state index is 0.109. The van der Waals surface area contributed by atoms with E-state index in [4.69, 9.17) is 5.73 Å². The molecule has 5 nitrogen and oxygen atoms in total. The first-order valence-electron chi connectivity index (χ1n) is 5.07. The second kappa shape index (κ2) is 4.52. The van der Waals surface area contributed by atoms with Crippen LogP contribution in [-0.2, 0) is 6.54 Å². The van der Waals surface area contributed by atoms with Crippen molar-refractivity contribution in [2.24, 2.45) is 15.7 Å². The minimum atomic E-state index is -0.109. The lowest BCUT2D eigenvalue weighted by atomic mass is 10.4. The van der Waals surface area contributed by atoms with Crippen LogP contribution in [0.1, 0.15) is 11.8 Å². The largest absolute Gasteiger partial charge is 0.370 e. The highest BCUT2D eigenvalue weighted by atomic mass is 32.1. The van der Waals surface area contributed by atoms with E-state index in [1.54, 1.807) is 11.3 Å². The number of aliphatic imine (C=N–C) groups is 2. The third kappa shape index (κ3) is 2.52. The van der Waals surface area contributed by atoms with Gasteiger partial charge in [-0.3, -0.25) is 5.32 Å². The molecule has 0 aromatic carbocycles. The summed E-state index contributed by atoms with van der Waals surface area (Å²) in [4.78, 5) is 11.8. The molecule has 3 N–H and O–H groups in total. The van der Waals surface area contributed by atoms with E-state index in [1.165, 1.54) is 4.88 Å². The third-order valence-corrected chi connectivity index (χ3v) is 3.07. The lowest BCUT2D eigenvalue weighted by Crippen LogP contribution is -2.48. The first kappa shape index (κ1) is 10.9. The Kier molecular flexibility index (Phi) is 3.09. The SMILES string of the molecule is CC1N=C(N)NC(N(C)Cc2cccs2)=N1. The van der Waals surface area contributed by atoms with E-state index in [1.807, 2.05) is 24.9 Å². The summed E-state index contributed by atoms with van der Waals surface area (Å²) in [6, 6.07) is 4.15. The van der Waals surface area contributed by atoms with Gasteiger partial charge in [0.2, 0.25) is 5.96 Å². The zero-order valence-electron chi connectivity index (χ0n) is 9.34. The van der Waals surface area contributed by atoms with E-state index in [2.05, 4.69) is 26.7 Å². The molecule has 1 unspecified atom stereocenters. The van der Waals surface area contributed by atoms with Gasteiger partial charge in [-0.05, 0) is 18.4 Å². The number of hydrogen-bond acceptors (Lipinski definition) is 6. The zero-order chi connectivity index (χ0) is 11.5. The standard InChI is InChI=1S/C10H15N5S/c1-7-12-9(11)14-10(13-7)15(2)6-8-4-3-5-16-8/h3-5,7H,6H2,1-2H3,(H3,11,12,13,14). The molecule has 1 aromatic rings. The van der Waals surface area contributed by atoms with E-state index >= 15 is 0 Å². The highest BCUT2D eigenvalue weighted by molar-refractivity contribution is 7.09. The van der Waals surface area contributed by atoms with Gasteiger partial charge in [0, 0.05) is 11.9 Å². The van der Waals surface area contributed by atoms with Crippen molar-refractivity contribution in [2.45, 2.75) is 19.6 Å². The number of nitrogens with two attached hydrogens (primary N) is 1. The normalized spacial score (nSPS) is 19.8. The van der Waals surface area contributed by atoms with Gasteiger partial charge in [-0.2, -0.15) is 0 Å². The van der Waals surface area contributed by atoms with Crippen LogP contribution in [0.5, 0.6) is 0 Å². The zero-order valence-corrected chi connectivity index (χ0v) is 10.2. The fourth-order valence-electron chi connectivity index (χ4n) is 1.49. The van der Waals surface area contributed by atoms with Crippen molar-refractivity contribution in [2.75, 3.05) is 7.05 Å². The molecule has 0 saturated heterocycles. The average molecular weight is 237 g/mol. The Labute approximate surface area is 98.7 Å². The molecule has 1 aliphatic rings. The molecule has 2 rings (SSSR count). The summed E-state index contributed by atoms with van der Waals surface area (Å²) in [6.07, 6.45) is -0.109. The summed E-state index contributed by atoms with van der Waals surface area (Å²) < 4.78 is 0. The molecule has 0 bridgehead atoms. The van der Waals surface area contributed by atoms with Crippen molar-refractivity contribution < 1.29 is 0 Å². The molecule has 6 heteroatoms. The van der Waals surface area contributed by atoms with Crippen LogP contribution in [0.25, 0.3) is 0 Å². The topological polar surface area (TPSA) is 66.0 Å². The van der Waals surface area contributed by atoms with Crippen LogP contribution in [0.4, 0.5) is 0 Å². The summed E-state index contributed by atoms with van der Waals surface area (Å²) in [5.74, 6) is 1.20. The summed E-state index contributed by atoms with van der Waals surface area (Å²) in [7, 11) is 1.98. The molecule has 1 aliphatic heterocycles. The van der Waals surface area contributed by atoms with Crippen molar-refractivity contribution >= 4 is 23.3 Å². The van der Waals surface area contributed by atoms with Gasteiger partial charge in [0.1, 0.15) is 6.17 Å². The molecule has 0 fully saturated rings. The van der Waals surface area contributed by atoms with Gasteiger partial charge in [0.25, 0.3) is 0 Å². The molecule has 86 valence electrons. The van der Waals surface area contributed by atoms with Crippen LogP contribution in [0, 0.1) is 0 Å². The van der Waals surface area contributed by atoms with Crippen LogP contribution >= 0.6 is 11.3 Å². The maximum Gasteiger partial charge on any atom is 0.203 e. The Bertz CT molecular complexity index is 409. The van der Waals surface area contributed by atoms with Crippen LogP contribution < -0.4 is 11.1 Å². The van der Waals surface area contributed by atoms with E-state index in [9.17, 15) is 0 Å². The lowest BCUT2D eigenvalue weighted by molar-refractivity contribution is 0.483. The van der Waals surface area contributed by atoms with Gasteiger partial charge in [0.05, 0.1) is 6.54 Å². The summed E-state index contributed by atoms with van der Waals surface area (Å²) >= 11 is 1.73. The number of guanidine groups is 2. The van der Waals surface area contributed by atoms with Gasteiger partial charge in [0.15, 0.2) is 5.96 Å². The van der Waals surface area contributed by atoms with Crippen molar-refractivity contribution in [3.05, 3.63) is 22.4 Å². The quantitative estimate of drug-likeness (QED) is 0.799. The van der Waals surface area contributed by atoms with Crippen LogP contribution in [0.2, 0.25) is 0 Å². The smallest absolute Gasteiger partial charge is 0.203 e. The molecule has 0 radical (unpaired) electrons. The predicted octanol–water partition coefficient (Wildman–Crippen LogP) is 0.800.